The van der Waals surface area contributed by atoms with Crippen LogP contribution in [0.2, 0.25) is 0 Å². The second-order valence-electron chi connectivity index (χ2n) is 3.99. The second-order valence-corrected chi connectivity index (χ2v) is 3.99. The van der Waals surface area contributed by atoms with Crippen LogP contribution >= 0.6 is 0 Å². The van der Waals surface area contributed by atoms with Gasteiger partial charge in [0.25, 0.3) is 0 Å². The van der Waals surface area contributed by atoms with E-state index in [1.807, 2.05) is 6.07 Å². The lowest BCUT2D eigenvalue weighted by molar-refractivity contribution is 0.188. The first-order valence-electron chi connectivity index (χ1n) is 5.19. The van der Waals surface area contributed by atoms with Crippen molar-refractivity contribution in [1.82, 2.24) is 0 Å². The van der Waals surface area contributed by atoms with Crippen molar-refractivity contribution in [3.05, 3.63) is 41.5 Å². The van der Waals surface area contributed by atoms with Gasteiger partial charge >= 0.3 is 0 Å². The minimum absolute atomic E-state index is 0.0364. The Morgan fingerprint density at radius 2 is 2.14 bits per heavy atom. The lowest BCUT2D eigenvalue weighted by Gasteiger charge is -2.34. The topological polar surface area (TPSA) is 20.2 Å². The molecule has 0 aromatic heterocycles. The summed E-state index contributed by atoms with van der Waals surface area (Å²) >= 11 is 0. The third-order valence-electron chi connectivity index (χ3n) is 3.32. The van der Waals surface area contributed by atoms with E-state index in [2.05, 4.69) is 37.3 Å². The molecular weight excluding hydrogens is 172 g/mol. The largest absolute Gasteiger partial charge is 0.395 e. The van der Waals surface area contributed by atoms with E-state index < -0.39 is 0 Å². The molecule has 14 heavy (non-hydrogen) atoms. The first-order valence-corrected chi connectivity index (χ1v) is 5.19. The molecule has 0 saturated carbocycles. The van der Waals surface area contributed by atoms with Crippen LogP contribution in [0.1, 0.15) is 30.9 Å². The highest BCUT2D eigenvalue weighted by Gasteiger charge is 2.31. The molecule has 2 rings (SSSR count). The van der Waals surface area contributed by atoms with Crippen molar-refractivity contribution in [3.63, 3.8) is 0 Å². The van der Waals surface area contributed by atoms with Gasteiger partial charge in [-0.15, -0.1) is 0 Å². The maximum absolute atomic E-state index is 9.55. The van der Waals surface area contributed by atoms with Gasteiger partial charge in [-0.05, 0) is 24.0 Å². The van der Waals surface area contributed by atoms with Crippen LogP contribution in [-0.4, -0.2) is 11.7 Å². The van der Waals surface area contributed by atoms with Crippen LogP contribution in [0, 0.1) is 0 Å². The lowest BCUT2D eigenvalue weighted by Crippen LogP contribution is -2.31. The smallest absolute Gasteiger partial charge is 0.0531 e. The zero-order chi connectivity index (χ0) is 10.0. The number of allylic oxidation sites excluding steroid dienone is 1. The van der Waals surface area contributed by atoms with Crippen LogP contribution in [-0.2, 0) is 5.41 Å². The molecule has 0 bridgehead atoms. The fraction of sp³-hybridized carbons (Fsp3) is 0.385. The van der Waals surface area contributed by atoms with Gasteiger partial charge in [-0.25, -0.2) is 0 Å². The fourth-order valence-corrected chi connectivity index (χ4v) is 2.24. The molecule has 1 heteroatoms. The summed E-state index contributed by atoms with van der Waals surface area (Å²) in [6, 6.07) is 8.36. The number of aliphatic hydroxyl groups is 1. The highest BCUT2D eigenvalue weighted by Crippen LogP contribution is 2.37. The number of hydrogen-bond acceptors (Lipinski definition) is 1. The molecule has 1 aliphatic carbocycles. The maximum Gasteiger partial charge on any atom is 0.0531 e. The van der Waals surface area contributed by atoms with Gasteiger partial charge < -0.3 is 5.11 Å². The molecule has 1 atom stereocenters. The second kappa shape index (κ2) is 3.58. The molecule has 74 valence electrons. The normalized spacial score (nSPS) is 24.7. The Hall–Kier alpha value is -1.08. The van der Waals surface area contributed by atoms with E-state index in [-0.39, 0.29) is 12.0 Å². The number of hydrogen-bond donors (Lipinski definition) is 1. The van der Waals surface area contributed by atoms with Crippen LogP contribution in [0.5, 0.6) is 0 Å². The fourth-order valence-electron chi connectivity index (χ4n) is 2.24. The van der Waals surface area contributed by atoms with E-state index in [9.17, 15) is 5.11 Å². The molecule has 0 spiro atoms. The summed E-state index contributed by atoms with van der Waals surface area (Å²) in [5, 5.41) is 9.55. The first kappa shape index (κ1) is 9.47. The van der Waals surface area contributed by atoms with Crippen molar-refractivity contribution in [3.8, 4) is 0 Å². The molecule has 1 nitrogen and oxygen atoms in total. The molecule has 1 unspecified atom stereocenters. The summed E-state index contributed by atoms with van der Waals surface area (Å²) in [4.78, 5) is 0. The Kier molecular flexibility index (Phi) is 2.42. The average Bonchev–Trinajstić information content (AvgIpc) is 2.28. The Balaban J connectivity index is 2.54. The summed E-state index contributed by atoms with van der Waals surface area (Å²) in [6.07, 6.45) is 6.27. The summed E-state index contributed by atoms with van der Waals surface area (Å²) < 4.78 is 0. The van der Waals surface area contributed by atoms with Crippen LogP contribution in [0.4, 0.5) is 0 Å². The van der Waals surface area contributed by atoms with Crippen molar-refractivity contribution in [2.75, 3.05) is 6.61 Å². The average molecular weight is 188 g/mol. The highest BCUT2D eigenvalue weighted by atomic mass is 16.3. The molecule has 1 aliphatic rings. The van der Waals surface area contributed by atoms with Crippen molar-refractivity contribution in [1.29, 1.82) is 0 Å². The van der Waals surface area contributed by atoms with Crippen molar-refractivity contribution >= 4 is 6.08 Å². The number of fused-ring (bicyclic) bond motifs is 1. The quantitative estimate of drug-likeness (QED) is 0.756. The summed E-state index contributed by atoms with van der Waals surface area (Å²) in [5.41, 5.74) is 2.52. The molecule has 0 aliphatic heterocycles. The number of benzene rings is 1. The Morgan fingerprint density at radius 1 is 1.36 bits per heavy atom. The predicted molar refractivity (Wildman–Crippen MR) is 59.1 cm³/mol. The van der Waals surface area contributed by atoms with Crippen molar-refractivity contribution in [2.45, 2.75) is 25.2 Å². The molecule has 0 saturated heterocycles. The minimum atomic E-state index is -0.0364. The summed E-state index contributed by atoms with van der Waals surface area (Å²) in [6.45, 7) is 2.39. The van der Waals surface area contributed by atoms with E-state index in [0.717, 1.165) is 12.8 Å². The molecule has 1 aromatic rings. The monoisotopic (exact) mass is 188 g/mol. The van der Waals surface area contributed by atoms with E-state index in [1.54, 1.807) is 0 Å². The summed E-state index contributed by atoms with van der Waals surface area (Å²) in [5.74, 6) is 0. The van der Waals surface area contributed by atoms with Gasteiger partial charge in [-0.2, -0.15) is 0 Å². The zero-order valence-corrected chi connectivity index (χ0v) is 8.53. The standard InChI is InChI=1S/C13H16O/c1-2-13(10-14)9-5-7-11-6-3-4-8-12(11)13/h3-8,14H,2,9-10H2,1H3. The van der Waals surface area contributed by atoms with Crippen molar-refractivity contribution in [2.24, 2.45) is 0 Å². The van der Waals surface area contributed by atoms with E-state index in [1.165, 1.54) is 11.1 Å². The Morgan fingerprint density at radius 3 is 2.86 bits per heavy atom. The Labute approximate surface area is 85.1 Å². The molecule has 1 N–H and O–H groups in total. The van der Waals surface area contributed by atoms with Crippen LogP contribution < -0.4 is 0 Å². The van der Waals surface area contributed by atoms with E-state index in [0.29, 0.717) is 0 Å². The van der Waals surface area contributed by atoms with Gasteiger partial charge in [0.2, 0.25) is 0 Å². The minimum Gasteiger partial charge on any atom is -0.395 e. The van der Waals surface area contributed by atoms with Gasteiger partial charge in [0.15, 0.2) is 0 Å². The predicted octanol–water partition coefficient (Wildman–Crippen LogP) is 2.74. The van der Waals surface area contributed by atoms with Crippen LogP contribution in [0.15, 0.2) is 30.3 Å². The Bertz CT molecular complexity index is 348. The first-order chi connectivity index (χ1) is 6.82. The van der Waals surface area contributed by atoms with Gasteiger partial charge in [-0.1, -0.05) is 43.3 Å². The van der Waals surface area contributed by atoms with Gasteiger partial charge in [0, 0.05) is 5.41 Å². The molecule has 0 fully saturated rings. The zero-order valence-electron chi connectivity index (χ0n) is 8.53. The number of rotatable bonds is 2. The molecular formula is C13H16O. The van der Waals surface area contributed by atoms with E-state index in [4.69, 9.17) is 0 Å². The SMILES string of the molecule is CCC1(CO)CC=Cc2ccccc21. The molecule has 1 aromatic carbocycles. The summed E-state index contributed by atoms with van der Waals surface area (Å²) in [7, 11) is 0. The third-order valence-corrected chi connectivity index (χ3v) is 3.32. The van der Waals surface area contributed by atoms with Gasteiger partial charge in [0.1, 0.15) is 0 Å². The van der Waals surface area contributed by atoms with Crippen LogP contribution in [0.3, 0.4) is 0 Å². The van der Waals surface area contributed by atoms with Gasteiger partial charge in [-0.3, -0.25) is 0 Å². The third kappa shape index (κ3) is 1.28. The molecule has 0 radical (unpaired) electrons. The lowest BCUT2D eigenvalue weighted by atomic mass is 9.71. The molecule has 0 heterocycles. The van der Waals surface area contributed by atoms with Crippen LogP contribution in [0.25, 0.3) is 6.08 Å². The van der Waals surface area contributed by atoms with E-state index >= 15 is 0 Å². The maximum atomic E-state index is 9.55. The van der Waals surface area contributed by atoms with Gasteiger partial charge in [0.05, 0.1) is 6.61 Å². The van der Waals surface area contributed by atoms with Crippen molar-refractivity contribution < 1.29 is 5.11 Å². The molecule has 0 amide bonds. The highest BCUT2D eigenvalue weighted by molar-refractivity contribution is 5.59. The number of aliphatic hydroxyl groups excluding tert-OH is 1.